The monoisotopic (exact) mass is 468 g/mol. The van der Waals surface area contributed by atoms with Crippen LogP contribution in [-0.4, -0.2) is 43.8 Å². The molecule has 0 spiro atoms. The van der Waals surface area contributed by atoms with Gasteiger partial charge in [0.1, 0.15) is 0 Å². The number of nitrogens with zero attached hydrogens (tertiary/aromatic N) is 1. The van der Waals surface area contributed by atoms with Crippen molar-refractivity contribution in [2.45, 2.75) is 38.7 Å². The lowest BCUT2D eigenvalue weighted by molar-refractivity contribution is -0.123. The molecule has 0 bridgehead atoms. The largest absolute Gasteiger partial charge is 0.449 e. The van der Waals surface area contributed by atoms with Gasteiger partial charge in [-0.1, -0.05) is 56.3 Å². The molecular formula is C25H28N2O5S. The van der Waals surface area contributed by atoms with Crippen molar-refractivity contribution >= 4 is 38.4 Å². The Kier molecular flexibility index (Phi) is 7.50. The van der Waals surface area contributed by atoms with E-state index < -0.39 is 28.0 Å². The third kappa shape index (κ3) is 5.23. The summed E-state index contributed by atoms with van der Waals surface area (Å²) in [5, 5.41) is 4.65. The van der Waals surface area contributed by atoms with Crippen LogP contribution in [0.4, 0.5) is 5.69 Å². The molecule has 0 aromatic heterocycles. The number of rotatable bonds is 8. The summed E-state index contributed by atoms with van der Waals surface area (Å²) in [7, 11) is -3.73. The molecule has 1 N–H and O–H groups in total. The molecule has 3 rings (SSSR count). The molecule has 3 aromatic rings. The van der Waals surface area contributed by atoms with Crippen molar-refractivity contribution in [3.05, 3.63) is 71.8 Å². The van der Waals surface area contributed by atoms with E-state index in [1.54, 1.807) is 32.9 Å². The minimum atomic E-state index is -3.73. The second-order valence-corrected chi connectivity index (χ2v) is 9.57. The maximum Gasteiger partial charge on any atom is 0.339 e. The van der Waals surface area contributed by atoms with Crippen LogP contribution in [0.25, 0.3) is 10.8 Å². The first-order valence-electron chi connectivity index (χ1n) is 10.8. The number of hydrogen-bond acceptors (Lipinski definition) is 5. The molecule has 0 saturated carbocycles. The van der Waals surface area contributed by atoms with Gasteiger partial charge in [-0.3, -0.25) is 4.79 Å². The van der Waals surface area contributed by atoms with Gasteiger partial charge in [-0.2, -0.15) is 4.31 Å². The van der Waals surface area contributed by atoms with Crippen LogP contribution in [0.2, 0.25) is 0 Å². The number of benzene rings is 3. The fourth-order valence-corrected chi connectivity index (χ4v) is 5.03. The van der Waals surface area contributed by atoms with Crippen molar-refractivity contribution in [3.8, 4) is 0 Å². The number of nitrogens with one attached hydrogen (secondary N) is 1. The third-order valence-corrected chi connectivity index (χ3v) is 7.52. The van der Waals surface area contributed by atoms with Gasteiger partial charge in [0.2, 0.25) is 10.0 Å². The Morgan fingerprint density at radius 1 is 1.00 bits per heavy atom. The highest BCUT2D eigenvalue weighted by atomic mass is 32.2. The molecule has 174 valence electrons. The summed E-state index contributed by atoms with van der Waals surface area (Å²) in [6.45, 7) is 7.30. The SMILES string of the molecule is CCN(CC)S(=O)(=O)c1ccc(C)c(C(=O)OC(C)C(=O)Nc2cccc3ccccc23)c1. The number of amides is 1. The van der Waals surface area contributed by atoms with Crippen molar-refractivity contribution in [2.24, 2.45) is 0 Å². The van der Waals surface area contributed by atoms with E-state index in [1.165, 1.54) is 23.4 Å². The lowest BCUT2D eigenvalue weighted by Gasteiger charge is -2.19. The highest BCUT2D eigenvalue weighted by Crippen LogP contribution is 2.24. The standard InChI is InChI=1S/C25H28N2O5S/c1-5-27(6-2)33(30,31)20-15-14-17(3)22(16-20)25(29)32-18(4)24(28)26-23-13-9-11-19-10-7-8-12-21(19)23/h7-16,18H,5-6H2,1-4H3,(H,26,28). The van der Waals surface area contributed by atoms with Crippen molar-refractivity contribution in [1.82, 2.24) is 4.31 Å². The van der Waals surface area contributed by atoms with E-state index in [2.05, 4.69) is 5.32 Å². The van der Waals surface area contributed by atoms with Crippen LogP contribution < -0.4 is 5.32 Å². The number of carbonyl (C=O) groups excluding carboxylic acids is 2. The molecule has 33 heavy (non-hydrogen) atoms. The normalized spacial score (nSPS) is 12.5. The highest BCUT2D eigenvalue weighted by Gasteiger charge is 2.25. The zero-order chi connectivity index (χ0) is 24.2. The Morgan fingerprint density at radius 2 is 1.67 bits per heavy atom. The van der Waals surface area contributed by atoms with Gasteiger partial charge < -0.3 is 10.1 Å². The molecule has 3 aromatic carbocycles. The van der Waals surface area contributed by atoms with Gasteiger partial charge in [-0.05, 0) is 43.0 Å². The van der Waals surface area contributed by atoms with E-state index in [0.29, 0.717) is 24.3 Å². The summed E-state index contributed by atoms with van der Waals surface area (Å²) in [6, 6.07) is 17.5. The molecule has 0 fully saturated rings. The van der Waals surface area contributed by atoms with E-state index in [9.17, 15) is 18.0 Å². The smallest absolute Gasteiger partial charge is 0.339 e. The molecule has 1 amide bonds. The van der Waals surface area contributed by atoms with Crippen LogP contribution in [0.3, 0.4) is 0 Å². The maximum atomic E-state index is 12.8. The number of esters is 1. The second-order valence-electron chi connectivity index (χ2n) is 7.63. The number of carbonyl (C=O) groups is 2. The van der Waals surface area contributed by atoms with Gasteiger partial charge in [0.25, 0.3) is 5.91 Å². The molecule has 7 nitrogen and oxygen atoms in total. The Balaban J connectivity index is 1.78. The molecule has 0 aliphatic heterocycles. The average molecular weight is 469 g/mol. The van der Waals surface area contributed by atoms with Gasteiger partial charge in [0, 0.05) is 24.2 Å². The fraction of sp³-hybridized carbons (Fsp3) is 0.280. The number of sulfonamides is 1. The third-order valence-electron chi connectivity index (χ3n) is 5.47. The van der Waals surface area contributed by atoms with E-state index in [4.69, 9.17) is 4.74 Å². The first-order chi connectivity index (χ1) is 15.7. The molecule has 0 aliphatic carbocycles. The van der Waals surface area contributed by atoms with Crippen molar-refractivity contribution in [3.63, 3.8) is 0 Å². The van der Waals surface area contributed by atoms with Crippen LogP contribution in [-0.2, 0) is 19.6 Å². The highest BCUT2D eigenvalue weighted by molar-refractivity contribution is 7.89. The predicted octanol–water partition coefficient (Wildman–Crippen LogP) is 4.36. The van der Waals surface area contributed by atoms with Crippen LogP contribution in [0, 0.1) is 6.92 Å². The number of fused-ring (bicyclic) bond motifs is 1. The quantitative estimate of drug-likeness (QED) is 0.496. The van der Waals surface area contributed by atoms with Crippen LogP contribution >= 0.6 is 0 Å². The lowest BCUT2D eigenvalue weighted by atomic mass is 10.1. The molecule has 0 saturated heterocycles. The first kappa shape index (κ1) is 24.4. The molecular weight excluding hydrogens is 440 g/mol. The van der Waals surface area contributed by atoms with Gasteiger partial charge >= 0.3 is 5.97 Å². The van der Waals surface area contributed by atoms with Gasteiger partial charge in [0.05, 0.1) is 10.5 Å². The van der Waals surface area contributed by atoms with Crippen molar-refractivity contribution < 1.29 is 22.7 Å². The van der Waals surface area contributed by atoms with Crippen molar-refractivity contribution in [1.29, 1.82) is 0 Å². The first-order valence-corrected chi connectivity index (χ1v) is 12.2. The zero-order valence-corrected chi connectivity index (χ0v) is 20.0. The van der Waals surface area contributed by atoms with E-state index in [-0.39, 0.29) is 10.5 Å². The molecule has 1 unspecified atom stereocenters. The molecule has 1 atom stereocenters. The Labute approximate surface area is 194 Å². The summed E-state index contributed by atoms with van der Waals surface area (Å²) in [5.74, 6) is -1.24. The summed E-state index contributed by atoms with van der Waals surface area (Å²) in [4.78, 5) is 25.5. The summed E-state index contributed by atoms with van der Waals surface area (Å²) in [6.07, 6.45) is -1.08. The van der Waals surface area contributed by atoms with Crippen LogP contribution in [0.15, 0.2) is 65.6 Å². The average Bonchev–Trinajstić information content (AvgIpc) is 2.80. The summed E-state index contributed by atoms with van der Waals surface area (Å²) >= 11 is 0. The number of aryl methyl sites for hydroxylation is 1. The lowest BCUT2D eigenvalue weighted by Crippen LogP contribution is -2.31. The molecule has 0 aliphatic rings. The Hall–Kier alpha value is -3.23. The van der Waals surface area contributed by atoms with Gasteiger partial charge in [-0.15, -0.1) is 0 Å². The molecule has 0 heterocycles. The maximum absolute atomic E-state index is 12.8. The van der Waals surface area contributed by atoms with E-state index >= 15 is 0 Å². The number of anilines is 1. The van der Waals surface area contributed by atoms with Crippen molar-refractivity contribution in [2.75, 3.05) is 18.4 Å². The zero-order valence-electron chi connectivity index (χ0n) is 19.2. The minimum absolute atomic E-state index is 0.0107. The Bertz CT molecular complexity index is 1280. The van der Waals surface area contributed by atoms with Gasteiger partial charge in [0.15, 0.2) is 6.10 Å². The van der Waals surface area contributed by atoms with E-state index in [1.807, 2.05) is 36.4 Å². The second kappa shape index (κ2) is 10.1. The minimum Gasteiger partial charge on any atom is -0.449 e. The predicted molar refractivity (Wildman–Crippen MR) is 129 cm³/mol. The topological polar surface area (TPSA) is 92.8 Å². The number of ether oxygens (including phenoxy) is 1. The fourth-order valence-electron chi connectivity index (χ4n) is 3.54. The molecule has 8 heteroatoms. The Morgan fingerprint density at radius 3 is 2.36 bits per heavy atom. The van der Waals surface area contributed by atoms with Crippen LogP contribution in [0.5, 0.6) is 0 Å². The number of hydrogen-bond donors (Lipinski definition) is 1. The summed E-state index contributed by atoms with van der Waals surface area (Å²) < 4.78 is 32.4. The van der Waals surface area contributed by atoms with Crippen LogP contribution in [0.1, 0.15) is 36.7 Å². The molecule has 0 radical (unpaired) electrons. The van der Waals surface area contributed by atoms with E-state index in [0.717, 1.165) is 10.8 Å². The summed E-state index contributed by atoms with van der Waals surface area (Å²) in [5.41, 5.74) is 1.28. The van der Waals surface area contributed by atoms with Gasteiger partial charge in [-0.25, -0.2) is 13.2 Å².